The molecule has 0 aromatic heterocycles. The molecule has 2 N–H and O–H groups in total. The van der Waals surface area contributed by atoms with Gasteiger partial charge in [-0.3, -0.25) is 0 Å². The molecule has 0 aliphatic heterocycles. The SMILES string of the molecule is CC(C)(N)CC(F)c1cccc(Cl)c1. The molecule has 0 spiro atoms. The predicted molar refractivity (Wildman–Crippen MR) is 58.2 cm³/mol. The lowest BCUT2D eigenvalue weighted by atomic mass is 9.95. The first-order valence-corrected chi connectivity index (χ1v) is 4.95. The minimum Gasteiger partial charge on any atom is -0.325 e. The molecule has 0 saturated heterocycles. The highest BCUT2D eigenvalue weighted by Crippen LogP contribution is 2.27. The Labute approximate surface area is 89.1 Å². The molecule has 1 aromatic carbocycles. The van der Waals surface area contributed by atoms with Crippen LogP contribution < -0.4 is 5.73 Å². The van der Waals surface area contributed by atoms with E-state index in [1.807, 2.05) is 13.8 Å². The summed E-state index contributed by atoms with van der Waals surface area (Å²) in [6.07, 6.45) is -0.749. The van der Waals surface area contributed by atoms with Crippen LogP contribution in [-0.2, 0) is 0 Å². The third kappa shape index (κ3) is 3.64. The molecular formula is C11H15ClFN. The van der Waals surface area contributed by atoms with E-state index in [1.165, 1.54) is 0 Å². The van der Waals surface area contributed by atoms with E-state index in [0.717, 1.165) is 0 Å². The molecule has 1 rings (SSSR count). The maximum absolute atomic E-state index is 13.7. The van der Waals surface area contributed by atoms with Gasteiger partial charge in [-0.2, -0.15) is 0 Å². The zero-order valence-electron chi connectivity index (χ0n) is 8.43. The summed E-state index contributed by atoms with van der Waals surface area (Å²) in [5.41, 5.74) is 5.83. The lowest BCUT2D eigenvalue weighted by molar-refractivity contribution is 0.267. The number of nitrogens with two attached hydrogens (primary N) is 1. The van der Waals surface area contributed by atoms with Gasteiger partial charge < -0.3 is 5.73 Å². The van der Waals surface area contributed by atoms with Crippen molar-refractivity contribution in [3.63, 3.8) is 0 Å². The van der Waals surface area contributed by atoms with E-state index >= 15 is 0 Å². The fourth-order valence-corrected chi connectivity index (χ4v) is 1.48. The lowest BCUT2D eigenvalue weighted by Gasteiger charge is -2.21. The van der Waals surface area contributed by atoms with Crippen molar-refractivity contribution in [2.75, 3.05) is 0 Å². The third-order valence-electron chi connectivity index (χ3n) is 1.92. The fourth-order valence-electron chi connectivity index (χ4n) is 1.28. The van der Waals surface area contributed by atoms with Crippen LogP contribution in [-0.4, -0.2) is 5.54 Å². The Balaban J connectivity index is 2.74. The predicted octanol–water partition coefficient (Wildman–Crippen LogP) is 3.48. The second-order valence-electron chi connectivity index (χ2n) is 4.22. The molecule has 1 nitrogen and oxygen atoms in total. The molecule has 0 saturated carbocycles. The Kier molecular flexibility index (Phi) is 3.51. The molecule has 0 aliphatic carbocycles. The number of alkyl halides is 1. The zero-order valence-corrected chi connectivity index (χ0v) is 9.18. The monoisotopic (exact) mass is 215 g/mol. The Bertz CT molecular complexity index is 306. The number of rotatable bonds is 3. The van der Waals surface area contributed by atoms with Crippen LogP contribution in [0.15, 0.2) is 24.3 Å². The zero-order chi connectivity index (χ0) is 10.8. The van der Waals surface area contributed by atoms with E-state index in [0.29, 0.717) is 17.0 Å². The molecule has 1 unspecified atom stereocenters. The van der Waals surface area contributed by atoms with Crippen LogP contribution in [0.2, 0.25) is 5.02 Å². The van der Waals surface area contributed by atoms with Gasteiger partial charge in [0.15, 0.2) is 0 Å². The molecule has 78 valence electrons. The van der Waals surface area contributed by atoms with Crippen LogP contribution in [0.3, 0.4) is 0 Å². The van der Waals surface area contributed by atoms with Crippen molar-refractivity contribution >= 4 is 11.6 Å². The molecule has 1 atom stereocenters. The van der Waals surface area contributed by atoms with E-state index in [4.69, 9.17) is 17.3 Å². The second-order valence-corrected chi connectivity index (χ2v) is 4.65. The Morgan fingerprint density at radius 3 is 2.64 bits per heavy atom. The van der Waals surface area contributed by atoms with Crippen molar-refractivity contribution in [2.45, 2.75) is 32.0 Å². The summed E-state index contributed by atoms with van der Waals surface area (Å²) in [6, 6.07) is 6.83. The average Bonchev–Trinajstić information content (AvgIpc) is 2.01. The van der Waals surface area contributed by atoms with Crippen molar-refractivity contribution in [1.82, 2.24) is 0 Å². The summed E-state index contributed by atoms with van der Waals surface area (Å²) in [5.74, 6) is 0. The highest BCUT2D eigenvalue weighted by Gasteiger charge is 2.19. The summed E-state index contributed by atoms with van der Waals surface area (Å²) in [7, 11) is 0. The molecule has 0 bridgehead atoms. The van der Waals surface area contributed by atoms with Crippen LogP contribution in [0.1, 0.15) is 32.0 Å². The first kappa shape index (κ1) is 11.5. The Hall–Kier alpha value is -0.600. The molecule has 0 amide bonds. The summed E-state index contributed by atoms with van der Waals surface area (Å²) < 4.78 is 13.7. The van der Waals surface area contributed by atoms with Gasteiger partial charge in [0.25, 0.3) is 0 Å². The van der Waals surface area contributed by atoms with Gasteiger partial charge in [0.2, 0.25) is 0 Å². The van der Waals surface area contributed by atoms with E-state index < -0.39 is 11.7 Å². The van der Waals surface area contributed by atoms with Crippen LogP contribution in [0, 0.1) is 0 Å². The fraction of sp³-hybridized carbons (Fsp3) is 0.455. The van der Waals surface area contributed by atoms with Gasteiger partial charge in [0.1, 0.15) is 6.17 Å². The quantitative estimate of drug-likeness (QED) is 0.821. The summed E-state index contributed by atoms with van der Waals surface area (Å²) >= 11 is 5.76. The molecule has 0 heterocycles. The molecule has 0 fully saturated rings. The van der Waals surface area contributed by atoms with Crippen molar-refractivity contribution in [2.24, 2.45) is 5.73 Å². The highest BCUT2D eigenvalue weighted by molar-refractivity contribution is 6.30. The van der Waals surface area contributed by atoms with Gasteiger partial charge in [-0.1, -0.05) is 23.7 Å². The molecule has 3 heteroatoms. The van der Waals surface area contributed by atoms with Gasteiger partial charge in [0, 0.05) is 17.0 Å². The lowest BCUT2D eigenvalue weighted by Crippen LogP contribution is -2.33. The highest BCUT2D eigenvalue weighted by atomic mass is 35.5. The van der Waals surface area contributed by atoms with E-state index in [1.54, 1.807) is 24.3 Å². The minimum atomic E-state index is -1.05. The smallest absolute Gasteiger partial charge is 0.127 e. The number of hydrogen-bond acceptors (Lipinski definition) is 1. The van der Waals surface area contributed by atoms with Crippen molar-refractivity contribution in [3.8, 4) is 0 Å². The maximum Gasteiger partial charge on any atom is 0.127 e. The average molecular weight is 216 g/mol. The van der Waals surface area contributed by atoms with Crippen LogP contribution in [0.4, 0.5) is 4.39 Å². The summed E-state index contributed by atoms with van der Waals surface area (Å²) in [4.78, 5) is 0. The Morgan fingerprint density at radius 1 is 1.50 bits per heavy atom. The van der Waals surface area contributed by atoms with Gasteiger partial charge in [-0.15, -0.1) is 0 Å². The maximum atomic E-state index is 13.7. The largest absolute Gasteiger partial charge is 0.325 e. The first-order chi connectivity index (χ1) is 6.38. The van der Waals surface area contributed by atoms with E-state index in [-0.39, 0.29) is 0 Å². The van der Waals surface area contributed by atoms with Crippen LogP contribution in [0.25, 0.3) is 0 Å². The van der Waals surface area contributed by atoms with E-state index in [9.17, 15) is 4.39 Å². The first-order valence-electron chi connectivity index (χ1n) is 4.57. The van der Waals surface area contributed by atoms with Gasteiger partial charge in [-0.05, 0) is 31.5 Å². The van der Waals surface area contributed by atoms with Gasteiger partial charge in [-0.25, -0.2) is 4.39 Å². The molecule has 0 aliphatic rings. The van der Waals surface area contributed by atoms with E-state index in [2.05, 4.69) is 0 Å². The van der Waals surface area contributed by atoms with Crippen molar-refractivity contribution < 1.29 is 4.39 Å². The minimum absolute atomic E-state index is 0.299. The van der Waals surface area contributed by atoms with Gasteiger partial charge >= 0.3 is 0 Å². The molecule has 1 aromatic rings. The number of hydrogen-bond donors (Lipinski definition) is 1. The standard InChI is InChI=1S/C11H15ClFN/c1-11(2,14)7-10(13)8-4-3-5-9(12)6-8/h3-6,10H,7,14H2,1-2H3. The van der Waals surface area contributed by atoms with Crippen molar-refractivity contribution in [1.29, 1.82) is 0 Å². The summed E-state index contributed by atoms with van der Waals surface area (Å²) in [6.45, 7) is 3.62. The normalized spacial score (nSPS) is 14.1. The molecule has 0 radical (unpaired) electrons. The number of halogens is 2. The topological polar surface area (TPSA) is 26.0 Å². The third-order valence-corrected chi connectivity index (χ3v) is 2.15. The molecular weight excluding hydrogens is 201 g/mol. The van der Waals surface area contributed by atoms with Gasteiger partial charge in [0.05, 0.1) is 0 Å². The Morgan fingerprint density at radius 2 is 2.14 bits per heavy atom. The summed E-state index contributed by atoms with van der Waals surface area (Å²) in [5, 5.41) is 0.556. The second kappa shape index (κ2) is 4.28. The van der Waals surface area contributed by atoms with Crippen LogP contribution in [0.5, 0.6) is 0 Å². The van der Waals surface area contributed by atoms with Crippen LogP contribution >= 0.6 is 11.6 Å². The molecule has 14 heavy (non-hydrogen) atoms. The number of benzene rings is 1. The van der Waals surface area contributed by atoms with Crippen molar-refractivity contribution in [3.05, 3.63) is 34.9 Å².